The average molecular weight is 534 g/mol. The zero-order valence-corrected chi connectivity index (χ0v) is 23.0. The van der Waals surface area contributed by atoms with Gasteiger partial charge in [-0.05, 0) is 56.7 Å². The molecule has 1 saturated heterocycles. The number of hydrogen-bond acceptors (Lipinski definition) is 3. The Bertz CT molecular complexity index is 1160. The predicted molar refractivity (Wildman–Crippen MR) is 164 cm³/mol. The molecule has 1 aliphatic heterocycles. The van der Waals surface area contributed by atoms with E-state index in [0.29, 0.717) is 18.4 Å². The van der Waals surface area contributed by atoms with E-state index in [9.17, 15) is 13.6 Å². The number of likely N-dealkylation sites (tertiary alicyclic amines) is 1. The van der Waals surface area contributed by atoms with Gasteiger partial charge in [0.25, 0.3) is 0 Å². The lowest BCUT2D eigenvalue weighted by Gasteiger charge is -2.64. The number of halogens is 2. The molecular weight excluding hydrogens is 510 g/mol. The zero-order chi connectivity index (χ0) is 30.8. The largest absolute Gasteiger partial charge is 0.492 e. The van der Waals surface area contributed by atoms with Crippen molar-refractivity contribution >= 4 is 76.6 Å². The van der Waals surface area contributed by atoms with Gasteiger partial charge in [-0.25, -0.2) is 13.6 Å². The standard InChI is InChI=1S/C25H24B9F2N3O2/c1-38-10-8-18(9-11-38)39(14-16-4-5-17(35)12-20(16)36)21(40)37-13-15-2-6-19(7-3-15)41-22(23(26,27)28,24(29,30)31)25(32,33)34/h2-7,12,18H,8-11,13-14H2,1H3,(H,37,40). The highest BCUT2D eigenvalue weighted by molar-refractivity contribution is 6.70. The molecule has 16 heteroatoms. The minimum Gasteiger partial charge on any atom is -0.492 e. The van der Waals surface area contributed by atoms with Crippen molar-refractivity contribution in [2.45, 2.75) is 52.9 Å². The minimum atomic E-state index is -2.47. The van der Waals surface area contributed by atoms with Gasteiger partial charge in [0.1, 0.15) is 17.4 Å². The van der Waals surface area contributed by atoms with Gasteiger partial charge in [0.05, 0.1) is 82.8 Å². The summed E-state index contributed by atoms with van der Waals surface area (Å²) < 4.78 is 33.7. The van der Waals surface area contributed by atoms with Crippen molar-refractivity contribution in [3.05, 3.63) is 65.2 Å². The first-order valence-electron chi connectivity index (χ1n) is 12.9. The Balaban J connectivity index is 1.76. The van der Waals surface area contributed by atoms with Crippen LogP contribution in [0.5, 0.6) is 5.75 Å². The van der Waals surface area contributed by atoms with Gasteiger partial charge in [-0.15, -0.1) is 0 Å². The Hall–Kier alpha value is -2.09. The van der Waals surface area contributed by atoms with Crippen LogP contribution in [0.2, 0.25) is 15.3 Å². The van der Waals surface area contributed by atoms with E-state index in [1.54, 1.807) is 17.0 Å². The summed E-state index contributed by atoms with van der Waals surface area (Å²) >= 11 is 0. The predicted octanol–water partition coefficient (Wildman–Crippen LogP) is 0.626. The molecule has 0 bridgehead atoms. The van der Waals surface area contributed by atoms with E-state index in [2.05, 4.69) is 10.2 Å². The summed E-state index contributed by atoms with van der Waals surface area (Å²) in [5.41, 5.74) is -1.59. The van der Waals surface area contributed by atoms with E-state index in [0.717, 1.165) is 19.2 Å². The molecular formula is C25H24B9F2N3O2. The summed E-state index contributed by atoms with van der Waals surface area (Å²) in [5, 5.41) is -4.32. The molecule has 1 heterocycles. The topological polar surface area (TPSA) is 44.8 Å². The van der Waals surface area contributed by atoms with Gasteiger partial charge in [0, 0.05) is 24.2 Å². The molecule has 2 amide bonds. The summed E-state index contributed by atoms with van der Waals surface area (Å²) in [4.78, 5) is 17.0. The number of nitrogens with zero attached hydrogens (tertiary/aromatic N) is 2. The van der Waals surface area contributed by atoms with Crippen LogP contribution in [0.15, 0.2) is 42.5 Å². The average Bonchev–Trinajstić information content (AvgIpc) is 2.84. The first-order valence-corrected chi connectivity index (χ1v) is 12.9. The Morgan fingerprint density at radius 3 is 1.95 bits per heavy atom. The van der Waals surface area contributed by atoms with Crippen LogP contribution >= 0.6 is 0 Å². The monoisotopic (exact) mass is 535 g/mol. The maximum Gasteiger partial charge on any atom is 0.318 e. The fraction of sp³-hybridized carbons (Fsp3) is 0.480. The van der Waals surface area contributed by atoms with Gasteiger partial charge >= 0.3 is 6.03 Å². The lowest BCUT2D eigenvalue weighted by molar-refractivity contribution is 0.0710. The van der Waals surface area contributed by atoms with Crippen LogP contribution in [0.25, 0.3) is 0 Å². The second kappa shape index (κ2) is 12.6. The smallest absolute Gasteiger partial charge is 0.318 e. The van der Waals surface area contributed by atoms with Crippen LogP contribution in [0.1, 0.15) is 24.0 Å². The van der Waals surface area contributed by atoms with Crippen molar-refractivity contribution in [3.8, 4) is 5.75 Å². The van der Waals surface area contributed by atoms with E-state index >= 15 is 0 Å². The van der Waals surface area contributed by atoms with Crippen LogP contribution in [0.4, 0.5) is 13.6 Å². The van der Waals surface area contributed by atoms with Crippen LogP contribution < -0.4 is 10.1 Å². The van der Waals surface area contributed by atoms with E-state index < -0.39 is 38.6 Å². The first-order chi connectivity index (χ1) is 18.9. The molecule has 192 valence electrons. The molecule has 0 aromatic heterocycles. The second-order valence-corrected chi connectivity index (χ2v) is 10.8. The minimum absolute atomic E-state index is 0.0156. The van der Waals surface area contributed by atoms with Crippen molar-refractivity contribution in [2.75, 3.05) is 20.1 Å². The molecule has 5 nitrogen and oxygen atoms in total. The number of ether oxygens (including phenoxy) is 1. The van der Waals surface area contributed by atoms with Gasteiger partial charge in [-0.3, -0.25) is 0 Å². The summed E-state index contributed by atoms with van der Waals surface area (Å²) in [6, 6.07) is 8.95. The third kappa shape index (κ3) is 7.66. The molecule has 18 radical (unpaired) electrons. The number of urea groups is 1. The maximum atomic E-state index is 14.4. The molecule has 1 aliphatic rings. The van der Waals surface area contributed by atoms with Gasteiger partial charge in [0.2, 0.25) is 0 Å². The molecule has 0 saturated carbocycles. The van der Waals surface area contributed by atoms with E-state index in [1.165, 1.54) is 24.3 Å². The summed E-state index contributed by atoms with van der Waals surface area (Å²) in [6.45, 7) is 1.66. The van der Waals surface area contributed by atoms with Gasteiger partial charge in [-0.1, -0.05) is 33.5 Å². The van der Waals surface area contributed by atoms with Crippen molar-refractivity contribution in [3.63, 3.8) is 0 Å². The van der Waals surface area contributed by atoms with Gasteiger partial charge in [-0.2, -0.15) is 0 Å². The highest BCUT2D eigenvalue weighted by atomic mass is 19.1. The van der Waals surface area contributed by atoms with Gasteiger partial charge < -0.3 is 19.9 Å². The zero-order valence-electron chi connectivity index (χ0n) is 23.0. The molecule has 1 N–H and O–H groups in total. The molecule has 0 unspecified atom stereocenters. The van der Waals surface area contributed by atoms with Crippen LogP contribution in [-0.2, 0) is 13.1 Å². The molecule has 0 atom stereocenters. The first kappa shape index (κ1) is 33.4. The molecule has 1 fully saturated rings. The Morgan fingerprint density at radius 2 is 1.46 bits per heavy atom. The fourth-order valence-corrected chi connectivity index (χ4v) is 5.03. The summed E-state index contributed by atoms with van der Waals surface area (Å²) in [5.74, 6) is -1.33. The van der Waals surface area contributed by atoms with Crippen molar-refractivity contribution in [2.24, 2.45) is 0 Å². The van der Waals surface area contributed by atoms with Gasteiger partial charge in [0.15, 0.2) is 0 Å². The molecule has 2 aromatic carbocycles. The van der Waals surface area contributed by atoms with Crippen LogP contribution in [-0.4, -0.2) is 118 Å². The lowest BCUT2D eigenvalue weighted by Crippen LogP contribution is -2.66. The third-order valence-electron chi connectivity index (χ3n) is 7.21. The lowest BCUT2D eigenvalue weighted by atomic mass is 9.13. The number of carbonyl (C=O) groups is 1. The highest BCUT2D eigenvalue weighted by Crippen LogP contribution is 2.56. The Morgan fingerprint density at radius 1 is 0.927 bits per heavy atom. The number of benzene rings is 2. The molecule has 41 heavy (non-hydrogen) atoms. The number of rotatable bonds is 10. The third-order valence-corrected chi connectivity index (χ3v) is 7.21. The van der Waals surface area contributed by atoms with E-state index in [-0.39, 0.29) is 30.4 Å². The summed E-state index contributed by atoms with van der Waals surface area (Å²) in [7, 11) is 54.8. The quantitative estimate of drug-likeness (QED) is 0.456. The number of carbonyl (C=O) groups excluding carboxylic acids is 1. The summed E-state index contributed by atoms with van der Waals surface area (Å²) in [6.07, 6.45) is 1.42. The maximum absolute atomic E-state index is 14.4. The number of piperidine rings is 1. The number of amides is 2. The highest BCUT2D eigenvalue weighted by Gasteiger charge is 2.56. The second-order valence-electron chi connectivity index (χ2n) is 10.8. The number of hydrogen-bond donors (Lipinski definition) is 1. The number of nitrogens with one attached hydrogen (secondary N) is 1. The molecule has 0 spiro atoms. The fourth-order valence-electron chi connectivity index (χ4n) is 5.03. The Labute approximate surface area is 253 Å². The molecule has 2 aromatic rings. The molecule has 0 aliphatic carbocycles. The van der Waals surface area contributed by atoms with Crippen molar-refractivity contribution in [1.29, 1.82) is 0 Å². The Kier molecular flexibility index (Phi) is 10.3. The van der Waals surface area contributed by atoms with E-state index in [1.807, 2.05) is 7.05 Å². The van der Waals surface area contributed by atoms with Crippen molar-refractivity contribution < 1.29 is 18.3 Å². The molecule has 3 rings (SSSR count). The normalized spacial score (nSPS) is 15.8. The van der Waals surface area contributed by atoms with Crippen LogP contribution in [0.3, 0.4) is 0 Å². The SMILES string of the molecule is [B]C([B])([B])C(Oc1ccc(CNC(=O)N(Cc2ccc(F)cc2F)C2CCN(C)CC2)cc1)(C([B])([B])[B])C([B])([B])[B]. The van der Waals surface area contributed by atoms with Crippen molar-refractivity contribution in [1.82, 2.24) is 15.1 Å². The van der Waals surface area contributed by atoms with E-state index in [4.69, 9.17) is 75.4 Å². The van der Waals surface area contributed by atoms with Crippen LogP contribution in [0, 0.1) is 11.6 Å².